The summed E-state index contributed by atoms with van der Waals surface area (Å²) in [7, 11) is 0. The van der Waals surface area contributed by atoms with Crippen molar-refractivity contribution in [2.45, 2.75) is 13.8 Å². The van der Waals surface area contributed by atoms with E-state index < -0.39 is 24.5 Å². The predicted molar refractivity (Wildman–Crippen MR) is 93.4 cm³/mol. The van der Waals surface area contributed by atoms with Gasteiger partial charge in [0.05, 0.1) is 11.1 Å². The Balaban J connectivity index is 1.88. The highest BCUT2D eigenvalue weighted by atomic mass is 35.5. The number of nitrogens with one attached hydrogen (secondary N) is 2. The Hall–Kier alpha value is -2.67. The minimum Gasteiger partial charge on any atom is -0.452 e. The summed E-state index contributed by atoms with van der Waals surface area (Å²) in [6.07, 6.45) is 0. The first-order chi connectivity index (χ1) is 11.8. The second-order valence-electron chi connectivity index (χ2n) is 5.77. The molecule has 1 aromatic heterocycles. The van der Waals surface area contributed by atoms with E-state index in [1.165, 1.54) is 6.07 Å². The van der Waals surface area contributed by atoms with Gasteiger partial charge in [-0.1, -0.05) is 25.4 Å². The Bertz CT molecular complexity index is 808. The number of nitrogens with zero attached hydrogens (tertiary/aromatic N) is 1. The number of carbonyl (C=O) groups excluding carboxylic acids is 3. The molecule has 132 valence electrons. The lowest BCUT2D eigenvalue weighted by molar-refractivity contribution is -0.123. The zero-order valence-electron chi connectivity index (χ0n) is 13.8. The van der Waals surface area contributed by atoms with E-state index in [0.29, 0.717) is 17.2 Å². The number of esters is 1. The molecule has 0 saturated heterocycles. The molecule has 2 aromatic rings. The second-order valence-corrected chi connectivity index (χ2v) is 6.16. The first kappa shape index (κ1) is 18.7. The number of amides is 3. The Morgan fingerprint density at radius 1 is 1.20 bits per heavy atom. The van der Waals surface area contributed by atoms with Crippen LogP contribution in [-0.2, 0) is 9.53 Å². The molecule has 0 bridgehead atoms. The number of carbonyl (C=O) groups is 3. The number of rotatable bonds is 5. The van der Waals surface area contributed by atoms with E-state index in [4.69, 9.17) is 16.3 Å². The summed E-state index contributed by atoms with van der Waals surface area (Å²) >= 11 is 5.81. The van der Waals surface area contributed by atoms with Crippen LogP contribution in [0.1, 0.15) is 24.2 Å². The van der Waals surface area contributed by atoms with Gasteiger partial charge in [-0.2, -0.15) is 0 Å². The van der Waals surface area contributed by atoms with Gasteiger partial charge in [-0.3, -0.25) is 10.1 Å². The topological polar surface area (TPSA) is 97.4 Å². The van der Waals surface area contributed by atoms with E-state index in [1.54, 1.807) is 24.3 Å². The van der Waals surface area contributed by atoms with E-state index in [2.05, 4.69) is 15.6 Å². The molecule has 0 unspecified atom stereocenters. The van der Waals surface area contributed by atoms with Crippen LogP contribution in [0.25, 0.3) is 10.9 Å². The van der Waals surface area contributed by atoms with Crippen molar-refractivity contribution in [3.8, 4) is 0 Å². The zero-order valence-corrected chi connectivity index (χ0v) is 14.6. The molecule has 8 heteroatoms. The number of pyridine rings is 1. The number of hydrogen-bond acceptors (Lipinski definition) is 5. The largest absolute Gasteiger partial charge is 0.452 e. The molecule has 0 aliphatic heterocycles. The highest BCUT2D eigenvalue weighted by Gasteiger charge is 2.13. The van der Waals surface area contributed by atoms with Gasteiger partial charge in [-0.15, -0.1) is 0 Å². The average molecular weight is 364 g/mol. The van der Waals surface area contributed by atoms with E-state index >= 15 is 0 Å². The maximum Gasteiger partial charge on any atom is 0.338 e. The van der Waals surface area contributed by atoms with Gasteiger partial charge < -0.3 is 10.1 Å². The fourth-order valence-electron chi connectivity index (χ4n) is 1.95. The Morgan fingerprint density at radius 3 is 2.68 bits per heavy atom. The van der Waals surface area contributed by atoms with Gasteiger partial charge in [-0.05, 0) is 36.2 Å². The highest BCUT2D eigenvalue weighted by Crippen LogP contribution is 2.17. The summed E-state index contributed by atoms with van der Waals surface area (Å²) in [5.41, 5.74) is 0.914. The monoisotopic (exact) mass is 363 g/mol. The maximum absolute atomic E-state index is 12.0. The first-order valence-corrected chi connectivity index (χ1v) is 8.04. The zero-order chi connectivity index (χ0) is 18.4. The molecular weight excluding hydrogens is 346 g/mol. The van der Waals surface area contributed by atoms with Gasteiger partial charge in [0.25, 0.3) is 5.91 Å². The van der Waals surface area contributed by atoms with E-state index in [1.807, 2.05) is 13.8 Å². The van der Waals surface area contributed by atoms with Gasteiger partial charge >= 0.3 is 12.0 Å². The van der Waals surface area contributed by atoms with E-state index in [9.17, 15) is 14.4 Å². The lowest BCUT2D eigenvalue weighted by Crippen LogP contribution is -2.42. The van der Waals surface area contributed by atoms with Crippen LogP contribution in [-0.4, -0.2) is 36.0 Å². The predicted octanol–water partition coefficient (Wildman–Crippen LogP) is 2.53. The summed E-state index contributed by atoms with van der Waals surface area (Å²) in [6, 6.07) is 7.48. The SMILES string of the molecule is CC(C)CNC(=O)NC(=O)COC(=O)c1ccc2nc(Cl)ccc2c1. The number of fused-ring (bicyclic) bond motifs is 1. The third-order valence-electron chi connectivity index (χ3n) is 3.15. The number of hydrogen-bond donors (Lipinski definition) is 2. The van der Waals surface area contributed by atoms with Gasteiger partial charge in [0.2, 0.25) is 0 Å². The van der Waals surface area contributed by atoms with Crippen molar-refractivity contribution in [3.05, 3.63) is 41.0 Å². The molecule has 1 aromatic carbocycles. The van der Waals surface area contributed by atoms with Gasteiger partial charge in [0, 0.05) is 11.9 Å². The molecule has 2 N–H and O–H groups in total. The molecule has 0 aliphatic carbocycles. The summed E-state index contributed by atoms with van der Waals surface area (Å²) < 4.78 is 4.91. The normalized spacial score (nSPS) is 10.6. The average Bonchev–Trinajstić information content (AvgIpc) is 2.57. The molecular formula is C17H18ClN3O4. The number of benzene rings is 1. The number of urea groups is 1. The van der Waals surface area contributed by atoms with Crippen molar-refractivity contribution in [3.63, 3.8) is 0 Å². The Labute approximate surface area is 149 Å². The van der Waals surface area contributed by atoms with Crippen molar-refractivity contribution in [2.75, 3.05) is 13.2 Å². The Morgan fingerprint density at radius 2 is 1.96 bits per heavy atom. The molecule has 25 heavy (non-hydrogen) atoms. The maximum atomic E-state index is 12.0. The van der Waals surface area contributed by atoms with Crippen molar-refractivity contribution in [1.82, 2.24) is 15.6 Å². The van der Waals surface area contributed by atoms with Crippen LogP contribution in [0.3, 0.4) is 0 Å². The van der Waals surface area contributed by atoms with Crippen LogP contribution >= 0.6 is 11.6 Å². The number of imide groups is 1. The smallest absolute Gasteiger partial charge is 0.338 e. The summed E-state index contributed by atoms with van der Waals surface area (Å²) in [4.78, 5) is 39.2. The summed E-state index contributed by atoms with van der Waals surface area (Å²) in [5, 5.41) is 5.69. The van der Waals surface area contributed by atoms with Crippen LogP contribution in [0.15, 0.2) is 30.3 Å². The van der Waals surface area contributed by atoms with Crippen molar-refractivity contribution in [2.24, 2.45) is 5.92 Å². The lowest BCUT2D eigenvalue weighted by Gasteiger charge is -2.09. The quantitative estimate of drug-likeness (QED) is 0.628. The fraction of sp³-hybridized carbons (Fsp3) is 0.294. The molecule has 1 heterocycles. The summed E-state index contributed by atoms with van der Waals surface area (Å²) in [6.45, 7) is 3.74. The first-order valence-electron chi connectivity index (χ1n) is 7.66. The number of halogens is 1. The van der Waals surface area contributed by atoms with Crippen LogP contribution in [0.5, 0.6) is 0 Å². The van der Waals surface area contributed by atoms with E-state index in [0.717, 1.165) is 5.39 Å². The third-order valence-corrected chi connectivity index (χ3v) is 3.36. The minimum absolute atomic E-state index is 0.260. The van der Waals surface area contributed by atoms with Crippen molar-refractivity contribution >= 4 is 40.4 Å². The van der Waals surface area contributed by atoms with Crippen LogP contribution in [0.4, 0.5) is 4.79 Å². The summed E-state index contributed by atoms with van der Waals surface area (Å²) in [5.74, 6) is -1.12. The standard InChI is InChI=1S/C17H18ClN3O4/c1-10(2)8-19-17(24)21-15(22)9-25-16(23)12-3-5-13-11(7-12)4-6-14(18)20-13/h3-7,10H,8-9H2,1-2H3,(H2,19,21,22,24). The third kappa shape index (κ3) is 5.72. The van der Waals surface area contributed by atoms with E-state index in [-0.39, 0.29) is 11.5 Å². The van der Waals surface area contributed by atoms with Crippen molar-refractivity contribution < 1.29 is 19.1 Å². The van der Waals surface area contributed by atoms with Crippen molar-refractivity contribution in [1.29, 1.82) is 0 Å². The number of aromatic nitrogens is 1. The highest BCUT2D eigenvalue weighted by molar-refractivity contribution is 6.29. The lowest BCUT2D eigenvalue weighted by atomic mass is 10.1. The van der Waals surface area contributed by atoms with Gasteiger partial charge in [-0.25, -0.2) is 14.6 Å². The van der Waals surface area contributed by atoms with Crippen LogP contribution in [0.2, 0.25) is 5.15 Å². The van der Waals surface area contributed by atoms with Gasteiger partial charge in [0.15, 0.2) is 6.61 Å². The second kappa shape index (κ2) is 8.43. The van der Waals surface area contributed by atoms with Gasteiger partial charge in [0.1, 0.15) is 5.15 Å². The number of ether oxygens (including phenoxy) is 1. The molecule has 0 aliphatic rings. The van der Waals surface area contributed by atoms with Crippen LogP contribution < -0.4 is 10.6 Å². The molecule has 0 saturated carbocycles. The molecule has 0 fully saturated rings. The molecule has 7 nitrogen and oxygen atoms in total. The minimum atomic E-state index is -0.705. The molecule has 0 radical (unpaired) electrons. The van der Waals surface area contributed by atoms with Crippen LogP contribution in [0, 0.1) is 5.92 Å². The molecule has 0 spiro atoms. The molecule has 0 atom stereocenters. The molecule has 2 rings (SSSR count). The Kier molecular flexibility index (Phi) is 6.30. The fourth-order valence-corrected chi connectivity index (χ4v) is 2.10. The molecule has 3 amide bonds.